The second-order valence-electron chi connectivity index (χ2n) is 5.07. The van der Waals surface area contributed by atoms with E-state index in [0.717, 1.165) is 22.2 Å². The molecule has 0 spiro atoms. The van der Waals surface area contributed by atoms with Crippen molar-refractivity contribution in [2.45, 2.75) is 36.9 Å². The minimum Gasteiger partial charge on any atom is -0.208 e. The molecular weight excluding hydrogens is 370 g/mol. The van der Waals surface area contributed by atoms with Gasteiger partial charge in [-0.2, -0.15) is 0 Å². The van der Waals surface area contributed by atoms with Gasteiger partial charge in [-0.3, -0.25) is 0 Å². The van der Waals surface area contributed by atoms with Gasteiger partial charge in [-0.15, -0.1) is 11.3 Å². The largest absolute Gasteiger partial charge is 0.250 e. The van der Waals surface area contributed by atoms with E-state index in [0.29, 0.717) is 4.21 Å². The Labute approximate surface area is 138 Å². The van der Waals surface area contributed by atoms with Crippen LogP contribution in [0.25, 0.3) is 0 Å². The van der Waals surface area contributed by atoms with E-state index in [1.54, 1.807) is 6.07 Å². The van der Waals surface area contributed by atoms with E-state index in [1.807, 2.05) is 32.0 Å². The lowest BCUT2D eigenvalue weighted by atomic mass is 10.1. The summed E-state index contributed by atoms with van der Waals surface area (Å²) < 4.78 is 28.6. The van der Waals surface area contributed by atoms with Crippen LogP contribution in [0, 0.1) is 6.92 Å². The topological polar surface area (TPSA) is 46.2 Å². The summed E-state index contributed by atoms with van der Waals surface area (Å²) in [6, 6.07) is 11.7. The summed E-state index contributed by atoms with van der Waals surface area (Å²) in [6.07, 6.45) is 1.63. The molecule has 0 aliphatic rings. The normalized spacial score (nSPS) is 13.3. The zero-order chi connectivity index (χ0) is 15.5. The molecule has 0 saturated heterocycles. The molecule has 1 aromatic carbocycles. The molecule has 6 heteroatoms. The number of sulfonamides is 1. The van der Waals surface area contributed by atoms with Crippen molar-refractivity contribution in [1.82, 2.24) is 4.72 Å². The average molecular weight is 388 g/mol. The highest BCUT2D eigenvalue weighted by Crippen LogP contribution is 2.30. The van der Waals surface area contributed by atoms with Crippen molar-refractivity contribution >= 4 is 37.3 Å². The fourth-order valence-electron chi connectivity index (χ4n) is 1.97. The molecule has 2 rings (SSSR count). The van der Waals surface area contributed by atoms with Gasteiger partial charge in [0.25, 0.3) is 0 Å². The van der Waals surface area contributed by atoms with E-state index < -0.39 is 10.0 Å². The average Bonchev–Trinajstić information content (AvgIpc) is 2.78. The van der Waals surface area contributed by atoms with Crippen molar-refractivity contribution in [1.29, 1.82) is 0 Å². The molecule has 0 saturated carbocycles. The van der Waals surface area contributed by atoms with Crippen LogP contribution >= 0.6 is 27.3 Å². The lowest BCUT2D eigenvalue weighted by Gasteiger charge is -2.13. The number of rotatable bonds is 6. The van der Waals surface area contributed by atoms with Crippen LogP contribution in [0.2, 0.25) is 0 Å². The fourth-order valence-corrected chi connectivity index (χ4v) is 5.49. The number of hydrogen-bond acceptors (Lipinski definition) is 3. The van der Waals surface area contributed by atoms with Crippen molar-refractivity contribution in [3.8, 4) is 0 Å². The predicted octanol–water partition coefficient (Wildman–Crippen LogP) is 4.12. The number of thiophene rings is 1. The highest BCUT2D eigenvalue weighted by molar-refractivity contribution is 9.11. The van der Waals surface area contributed by atoms with Crippen molar-refractivity contribution in [2.75, 3.05) is 0 Å². The first-order valence-electron chi connectivity index (χ1n) is 6.70. The van der Waals surface area contributed by atoms with Crippen LogP contribution < -0.4 is 4.72 Å². The number of halogens is 1. The summed E-state index contributed by atoms with van der Waals surface area (Å²) in [6.45, 7) is 3.79. The Morgan fingerprint density at radius 1 is 1.29 bits per heavy atom. The predicted molar refractivity (Wildman–Crippen MR) is 91.3 cm³/mol. The SMILES string of the molecule is Cc1cc(S(=O)(=O)NC(C)CCc2ccccc2)sc1Br. The first-order chi connectivity index (χ1) is 9.88. The van der Waals surface area contributed by atoms with Crippen molar-refractivity contribution in [3.05, 3.63) is 51.3 Å². The van der Waals surface area contributed by atoms with Gasteiger partial charge >= 0.3 is 0 Å². The van der Waals surface area contributed by atoms with Crippen LogP contribution in [0.5, 0.6) is 0 Å². The summed E-state index contributed by atoms with van der Waals surface area (Å²) >= 11 is 4.61. The highest BCUT2D eigenvalue weighted by Gasteiger charge is 2.20. The number of hydrogen-bond donors (Lipinski definition) is 1. The lowest BCUT2D eigenvalue weighted by molar-refractivity contribution is 0.548. The Kier molecular flexibility index (Phi) is 5.60. The third-order valence-corrected chi connectivity index (χ3v) is 7.36. The summed E-state index contributed by atoms with van der Waals surface area (Å²) in [7, 11) is -3.43. The molecule has 1 N–H and O–H groups in total. The van der Waals surface area contributed by atoms with Crippen molar-refractivity contribution < 1.29 is 8.42 Å². The van der Waals surface area contributed by atoms with E-state index in [2.05, 4.69) is 32.8 Å². The van der Waals surface area contributed by atoms with Gasteiger partial charge in [0.15, 0.2) is 0 Å². The molecule has 0 aliphatic carbocycles. The van der Waals surface area contributed by atoms with Gasteiger partial charge in [-0.1, -0.05) is 30.3 Å². The summed E-state index contributed by atoms with van der Waals surface area (Å²) in [4.78, 5) is 0. The van der Waals surface area contributed by atoms with Crippen LogP contribution in [0.3, 0.4) is 0 Å². The van der Waals surface area contributed by atoms with Gasteiger partial charge in [0, 0.05) is 6.04 Å². The Balaban J connectivity index is 1.96. The van der Waals surface area contributed by atoms with E-state index >= 15 is 0 Å². The molecule has 114 valence electrons. The highest BCUT2D eigenvalue weighted by atomic mass is 79.9. The van der Waals surface area contributed by atoms with Crippen LogP contribution in [-0.4, -0.2) is 14.5 Å². The van der Waals surface area contributed by atoms with Crippen LogP contribution in [0.15, 0.2) is 44.4 Å². The maximum atomic E-state index is 12.3. The molecule has 0 amide bonds. The molecule has 1 atom stereocenters. The summed E-state index contributed by atoms with van der Waals surface area (Å²) in [5.41, 5.74) is 2.16. The van der Waals surface area contributed by atoms with E-state index in [4.69, 9.17) is 0 Å². The van der Waals surface area contributed by atoms with Crippen LogP contribution in [0.1, 0.15) is 24.5 Å². The molecular formula is C15H18BrNO2S2. The number of aryl methyl sites for hydroxylation is 2. The molecule has 1 unspecified atom stereocenters. The molecule has 1 heterocycles. The van der Waals surface area contributed by atoms with Gasteiger partial charge in [0.1, 0.15) is 4.21 Å². The van der Waals surface area contributed by atoms with Crippen molar-refractivity contribution in [3.63, 3.8) is 0 Å². The number of benzene rings is 1. The first-order valence-corrected chi connectivity index (χ1v) is 9.80. The molecule has 1 aromatic heterocycles. The Hall–Kier alpha value is -0.690. The van der Waals surface area contributed by atoms with Gasteiger partial charge < -0.3 is 0 Å². The van der Waals surface area contributed by atoms with Gasteiger partial charge in [0.2, 0.25) is 10.0 Å². The second kappa shape index (κ2) is 7.05. The minimum atomic E-state index is -3.43. The smallest absolute Gasteiger partial charge is 0.208 e. The molecule has 2 aromatic rings. The van der Waals surface area contributed by atoms with E-state index in [-0.39, 0.29) is 6.04 Å². The molecule has 21 heavy (non-hydrogen) atoms. The molecule has 0 bridgehead atoms. The zero-order valence-electron chi connectivity index (χ0n) is 12.0. The minimum absolute atomic E-state index is 0.101. The van der Waals surface area contributed by atoms with Gasteiger partial charge in [0.05, 0.1) is 3.79 Å². The van der Waals surface area contributed by atoms with E-state index in [1.165, 1.54) is 16.9 Å². The van der Waals surface area contributed by atoms with Gasteiger partial charge in [-0.05, 0) is 59.8 Å². The second-order valence-corrected chi connectivity index (χ2v) is 9.38. The Bertz CT molecular complexity index is 676. The fraction of sp³-hybridized carbons (Fsp3) is 0.333. The molecule has 0 fully saturated rings. The third kappa shape index (κ3) is 4.64. The van der Waals surface area contributed by atoms with Crippen LogP contribution in [0.4, 0.5) is 0 Å². The quantitative estimate of drug-likeness (QED) is 0.809. The standard InChI is InChI=1S/C15H18BrNO2S2/c1-11-10-14(20-15(11)16)21(18,19)17-12(2)8-9-13-6-4-3-5-7-13/h3-7,10,12,17H,8-9H2,1-2H3. The summed E-state index contributed by atoms with van der Waals surface area (Å²) in [5, 5.41) is 0. The third-order valence-electron chi connectivity index (χ3n) is 3.16. The maximum Gasteiger partial charge on any atom is 0.250 e. The maximum absolute atomic E-state index is 12.3. The van der Waals surface area contributed by atoms with Gasteiger partial charge in [-0.25, -0.2) is 13.1 Å². The molecule has 0 aliphatic heterocycles. The number of nitrogens with one attached hydrogen (secondary N) is 1. The zero-order valence-corrected chi connectivity index (χ0v) is 15.2. The van der Waals surface area contributed by atoms with Crippen molar-refractivity contribution in [2.24, 2.45) is 0 Å². The monoisotopic (exact) mass is 387 g/mol. The summed E-state index contributed by atoms with van der Waals surface area (Å²) in [5.74, 6) is 0. The molecule has 0 radical (unpaired) electrons. The molecule has 3 nitrogen and oxygen atoms in total. The first kappa shape index (κ1) is 16.7. The lowest BCUT2D eigenvalue weighted by Crippen LogP contribution is -2.32. The Morgan fingerprint density at radius 2 is 1.95 bits per heavy atom. The van der Waals surface area contributed by atoms with Crippen LogP contribution in [-0.2, 0) is 16.4 Å². The van der Waals surface area contributed by atoms with E-state index in [9.17, 15) is 8.42 Å². The Morgan fingerprint density at radius 3 is 2.52 bits per heavy atom.